The van der Waals surface area contributed by atoms with E-state index in [0.717, 1.165) is 19.4 Å². The predicted molar refractivity (Wildman–Crippen MR) is 73.4 cm³/mol. The number of rotatable bonds is 5. The van der Waals surface area contributed by atoms with Gasteiger partial charge in [-0.15, -0.1) is 0 Å². The van der Waals surface area contributed by atoms with Gasteiger partial charge in [0.05, 0.1) is 12.0 Å². The van der Waals surface area contributed by atoms with E-state index in [1.165, 1.54) is 13.2 Å². The lowest BCUT2D eigenvalue weighted by Gasteiger charge is -2.22. The van der Waals surface area contributed by atoms with Gasteiger partial charge in [0.25, 0.3) is 5.69 Å². The second-order valence-electron chi connectivity index (χ2n) is 4.85. The maximum absolute atomic E-state index is 11.6. The van der Waals surface area contributed by atoms with Gasteiger partial charge in [-0.1, -0.05) is 18.2 Å². The number of methoxy groups -OCH3 is 1. The first-order valence-electron chi connectivity index (χ1n) is 6.67. The minimum absolute atomic E-state index is 0.140. The molecule has 20 heavy (non-hydrogen) atoms. The average Bonchev–Trinajstić information content (AvgIpc) is 2.92. The van der Waals surface area contributed by atoms with Crippen LogP contribution in [0, 0.1) is 10.1 Å². The minimum Gasteiger partial charge on any atom is -0.468 e. The quantitative estimate of drug-likeness (QED) is 0.466. The minimum atomic E-state index is -0.364. The van der Waals surface area contributed by atoms with E-state index in [1.807, 2.05) is 4.90 Å². The Morgan fingerprint density at radius 3 is 2.95 bits per heavy atom. The molecule has 0 amide bonds. The van der Waals surface area contributed by atoms with Gasteiger partial charge in [0.2, 0.25) is 0 Å². The van der Waals surface area contributed by atoms with Crippen molar-refractivity contribution in [2.24, 2.45) is 0 Å². The molecule has 1 heterocycles. The highest BCUT2D eigenvalue weighted by molar-refractivity contribution is 5.75. The first-order valence-corrected chi connectivity index (χ1v) is 6.67. The van der Waals surface area contributed by atoms with Gasteiger partial charge in [0.1, 0.15) is 6.04 Å². The Bertz CT molecular complexity index is 504. The van der Waals surface area contributed by atoms with Crippen molar-refractivity contribution in [3.63, 3.8) is 0 Å². The lowest BCUT2D eigenvalue weighted by atomic mass is 10.1. The number of carbonyl (C=O) groups excluding carboxylic acids is 1. The van der Waals surface area contributed by atoms with E-state index in [-0.39, 0.29) is 22.6 Å². The summed E-state index contributed by atoms with van der Waals surface area (Å²) in [6.45, 7) is 1.46. The van der Waals surface area contributed by atoms with E-state index >= 15 is 0 Å². The Balaban J connectivity index is 2.02. The molecule has 1 aromatic rings. The molecule has 0 aromatic heterocycles. The standard InChI is InChI=1S/C14H18N2O4/c1-20-14(17)13-7-4-9-15(13)10-8-11-5-2-3-6-12(11)16(18)19/h2-3,5-6,13H,4,7-10H2,1H3. The van der Waals surface area contributed by atoms with Gasteiger partial charge in [-0.25, -0.2) is 0 Å². The largest absolute Gasteiger partial charge is 0.468 e. The maximum atomic E-state index is 11.6. The fourth-order valence-corrected chi connectivity index (χ4v) is 2.66. The monoisotopic (exact) mass is 278 g/mol. The van der Waals surface area contributed by atoms with Gasteiger partial charge in [-0.3, -0.25) is 19.8 Å². The van der Waals surface area contributed by atoms with E-state index in [1.54, 1.807) is 18.2 Å². The number of hydrogen-bond acceptors (Lipinski definition) is 5. The zero-order chi connectivity index (χ0) is 14.5. The Morgan fingerprint density at radius 2 is 2.25 bits per heavy atom. The Morgan fingerprint density at radius 1 is 1.50 bits per heavy atom. The van der Waals surface area contributed by atoms with Crippen molar-refractivity contribution in [1.29, 1.82) is 0 Å². The molecule has 6 heteroatoms. The van der Waals surface area contributed by atoms with Crippen molar-refractivity contribution in [3.8, 4) is 0 Å². The Hall–Kier alpha value is -1.95. The van der Waals surface area contributed by atoms with Gasteiger partial charge in [-0.05, 0) is 25.8 Å². The molecule has 1 atom stereocenters. The summed E-state index contributed by atoms with van der Waals surface area (Å²) in [5.41, 5.74) is 0.842. The van der Waals surface area contributed by atoms with Crippen LogP contribution in [0.5, 0.6) is 0 Å². The van der Waals surface area contributed by atoms with Gasteiger partial charge in [0, 0.05) is 18.2 Å². The van der Waals surface area contributed by atoms with Gasteiger partial charge < -0.3 is 4.74 Å². The average molecular weight is 278 g/mol. The Labute approximate surface area is 117 Å². The summed E-state index contributed by atoms with van der Waals surface area (Å²) in [5.74, 6) is -0.218. The van der Waals surface area contributed by atoms with Crippen LogP contribution in [-0.2, 0) is 16.0 Å². The fraction of sp³-hybridized carbons (Fsp3) is 0.500. The molecule has 1 aliphatic rings. The summed E-state index contributed by atoms with van der Waals surface area (Å²) < 4.78 is 4.79. The van der Waals surface area contributed by atoms with E-state index in [4.69, 9.17) is 4.74 Å². The number of likely N-dealkylation sites (tertiary alicyclic amines) is 1. The molecule has 6 nitrogen and oxygen atoms in total. The number of benzene rings is 1. The Kier molecular flexibility index (Phi) is 4.68. The SMILES string of the molecule is COC(=O)C1CCCN1CCc1ccccc1[N+](=O)[O-]. The number of hydrogen-bond donors (Lipinski definition) is 0. The smallest absolute Gasteiger partial charge is 0.323 e. The maximum Gasteiger partial charge on any atom is 0.323 e. The molecule has 1 saturated heterocycles. The van der Waals surface area contributed by atoms with Crippen molar-refractivity contribution in [3.05, 3.63) is 39.9 Å². The summed E-state index contributed by atoms with van der Waals surface area (Å²) >= 11 is 0. The first kappa shape index (κ1) is 14.5. The molecule has 0 bridgehead atoms. The summed E-state index contributed by atoms with van der Waals surface area (Å²) in [6.07, 6.45) is 2.31. The molecule has 1 aliphatic heterocycles. The summed E-state index contributed by atoms with van der Waals surface area (Å²) in [5, 5.41) is 11.0. The van der Waals surface area contributed by atoms with Crippen molar-refractivity contribution < 1.29 is 14.5 Å². The molecular formula is C14H18N2O4. The van der Waals surface area contributed by atoms with Crippen molar-refractivity contribution in [2.75, 3.05) is 20.2 Å². The van der Waals surface area contributed by atoms with Crippen LogP contribution in [0.4, 0.5) is 5.69 Å². The van der Waals surface area contributed by atoms with Crippen LogP contribution in [-0.4, -0.2) is 42.0 Å². The molecule has 1 aromatic carbocycles. The van der Waals surface area contributed by atoms with Crippen LogP contribution >= 0.6 is 0 Å². The third-order valence-electron chi connectivity index (χ3n) is 3.69. The van der Waals surface area contributed by atoms with Crippen molar-refractivity contribution >= 4 is 11.7 Å². The highest BCUT2D eigenvalue weighted by atomic mass is 16.6. The first-order chi connectivity index (χ1) is 9.63. The van der Waals surface area contributed by atoms with Crippen LogP contribution < -0.4 is 0 Å². The number of ether oxygens (including phenoxy) is 1. The van der Waals surface area contributed by atoms with Gasteiger partial charge >= 0.3 is 5.97 Å². The molecule has 0 aliphatic carbocycles. The van der Waals surface area contributed by atoms with Crippen LogP contribution in [0.2, 0.25) is 0 Å². The van der Waals surface area contributed by atoms with Gasteiger partial charge in [0.15, 0.2) is 0 Å². The number of nitro groups is 1. The summed E-state index contributed by atoms with van der Waals surface area (Å²) in [6, 6.07) is 6.53. The number of carbonyl (C=O) groups is 1. The molecule has 0 spiro atoms. The third kappa shape index (κ3) is 3.14. The molecule has 1 fully saturated rings. The fourth-order valence-electron chi connectivity index (χ4n) is 2.66. The molecule has 0 saturated carbocycles. The predicted octanol–water partition coefficient (Wildman–Crippen LogP) is 1.77. The van der Waals surface area contributed by atoms with Gasteiger partial charge in [-0.2, -0.15) is 0 Å². The lowest BCUT2D eigenvalue weighted by molar-refractivity contribution is -0.385. The van der Waals surface area contributed by atoms with E-state index in [9.17, 15) is 14.9 Å². The second-order valence-corrected chi connectivity index (χ2v) is 4.85. The van der Waals surface area contributed by atoms with Crippen LogP contribution in [0.15, 0.2) is 24.3 Å². The lowest BCUT2D eigenvalue weighted by Crippen LogP contribution is -2.38. The number of esters is 1. The number of para-hydroxylation sites is 1. The summed E-state index contributed by atoms with van der Waals surface area (Å²) in [7, 11) is 1.39. The van der Waals surface area contributed by atoms with E-state index < -0.39 is 0 Å². The molecular weight excluding hydrogens is 260 g/mol. The molecule has 0 N–H and O–H groups in total. The van der Waals surface area contributed by atoms with Crippen LogP contribution in [0.3, 0.4) is 0 Å². The zero-order valence-electron chi connectivity index (χ0n) is 11.4. The number of nitrogens with zero attached hydrogens (tertiary/aromatic N) is 2. The van der Waals surface area contributed by atoms with E-state index in [2.05, 4.69) is 0 Å². The van der Waals surface area contributed by atoms with Crippen LogP contribution in [0.25, 0.3) is 0 Å². The molecule has 0 radical (unpaired) electrons. The second kappa shape index (κ2) is 6.47. The summed E-state index contributed by atoms with van der Waals surface area (Å²) in [4.78, 5) is 24.3. The third-order valence-corrected chi connectivity index (χ3v) is 3.69. The number of nitro benzene ring substituents is 1. The van der Waals surface area contributed by atoms with E-state index in [0.29, 0.717) is 18.5 Å². The topological polar surface area (TPSA) is 72.7 Å². The highest BCUT2D eigenvalue weighted by Crippen LogP contribution is 2.22. The normalized spacial score (nSPS) is 18.9. The zero-order valence-corrected chi connectivity index (χ0v) is 11.4. The van der Waals surface area contributed by atoms with Crippen molar-refractivity contribution in [1.82, 2.24) is 4.90 Å². The molecule has 108 valence electrons. The highest BCUT2D eigenvalue weighted by Gasteiger charge is 2.31. The van der Waals surface area contributed by atoms with Crippen LogP contribution in [0.1, 0.15) is 18.4 Å². The molecule has 2 rings (SSSR count). The van der Waals surface area contributed by atoms with Crippen molar-refractivity contribution in [2.45, 2.75) is 25.3 Å². The molecule has 1 unspecified atom stereocenters.